The summed E-state index contributed by atoms with van der Waals surface area (Å²) < 4.78 is 1.42. The minimum absolute atomic E-state index is 0. The lowest BCUT2D eigenvalue weighted by Gasteiger charge is -2.39. The summed E-state index contributed by atoms with van der Waals surface area (Å²) in [6, 6.07) is 0. The van der Waals surface area contributed by atoms with Crippen LogP contribution in [0.2, 0.25) is 0 Å². The van der Waals surface area contributed by atoms with E-state index in [4.69, 9.17) is 0 Å². The molecule has 0 aromatic rings. The molecule has 0 rings (SSSR count). The van der Waals surface area contributed by atoms with Gasteiger partial charge in [-0.05, 0) is 25.7 Å². The zero-order valence-corrected chi connectivity index (χ0v) is 20.5. The summed E-state index contributed by atoms with van der Waals surface area (Å²) in [5, 5.41) is 0. The van der Waals surface area contributed by atoms with E-state index in [1.54, 1.807) is 0 Å². The molecule has 0 spiro atoms. The Bertz CT molecular complexity index is 128. The number of halogens is 3. The van der Waals surface area contributed by atoms with Gasteiger partial charge in [-0.25, -0.2) is 0 Å². The first-order valence-corrected chi connectivity index (χ1v) is 8.09. The smallest absolute Gasteiger partial charge is 0.0786 e. The third-order valence-electron chi connectivity index (χ3n) is 3.94. The van der Waals surface area contributed by atoms with Gasteiger partial charge in [-0.2, -0.15) is 0 Å². The highest BCUT2D eigenvalue weighted by Crippen LogP contribution is 2.16. The van der Waals surface area contributed by atoms with E-state index in [0.717, 1.165) is 0 Å². The Morgan fingerprint density at radius 2 is 0.650 bits per heavy atom. The molecule has 0 aliphatic carbocycles. The van der Waals surface area contributed by atoms with Crippen LogP contribution < -0.4 is 71.9 Å². The van der Waals surface area contributed by atoms with Crippen molar-refractivity contribution >= 4 is 0 Å². The van der Waals surface area contributed by atoms with Crippen molar-refractivity contribution in [3.05, 3.63) is 0 Å². The summed E-state index contributed by atoms with van der Waals surface area (Å²) in [5.41, 5.74) is 0. The van der Waals surface area contributed by atoms with Gasteiger partial charge in [0, 0.05) is 0 Å². The number of quaternary nitrogens is 1. The summed E-state index contributed by atoms with van der Waals surface area (Å²) in [7, 11) is 0. The molecular formula is C16H36I3N-2. The monoisotopic (exact) mass is 623 g/mol. The van der Waals surface area contributed by atoms with Crippen LogP contribution in [-0.2, 0) is 0 Å². The van der Waals surface area contributed by atoms with Crippen LogP contribution in [0.15, 0.2) is 0 Å². The largest absolute Gasteiger partial charge is 1.00 e. The van der Waals surface area contributed by atoms with Gasteiger partial charge < -0.3 is 76.4 Å². The van der Waals surface area contributed by atoms with Gasteiger partial charge in [0.1, 0.15) is 0 Å². The average molecular weight is 623 g/mol. The highest BCUT2D eigenvalue weighted by Gasteiger charge is 2.24. The van der Waals surface area contributed by atoms with Gasteiger partial charge >= 0.3 is 0 Å². The van der Waals surface area contributed by atoms with E-state index in [1.807, 2.05) is 0 Å². The Balaban J connectivity index is -0.000000427. The van der Waals surface area contributed by atoms with Crippen LogP contribution in [0.1, 0.15) is 79.1 Å². The third kappa shape index (κ3) is 15.1. The van der Waals surface area contributed by atoms with Crippen LogP contribution in [0.3, 0.4) is 0 Å². The number of nitrogens with zero attached hydrogens (tertiary/aromatic N) is 1. The van der Waals surface area contributed by atoms with E-state index >= 15 is 0 Å². The highest BCUT2D eigenvalue weighted by molar-refractivity contribution is 4.49. The lowest BCUT2D eigenvalue weighted by Crippen LogP contribution is -3.00. The first-order chi connectivity index (χ1) is 8.24. The first-order valence-electron chi connectivity index (χ1n) is 8.09. The number of hydrogen-bond donors (Lipinski definition) is 0. The average Bonchev–Trinajstić information content (AvgIpc) is 2.37. The van der Waals surface area contributed by atoms with Crippen LogP contribution in [0.4, 0.5) is 0 Å². The van der Waals surface area contributed by atoms with Crippen LogP contribution in [0.5, 0.6) is 0 Å². The highest BCUT2D eigenvalue weighted by atomic mass is 127. The van der Waals surface area contributed by atoms with Crippen molar-refractivity contribution < 1.29 is 76.4 Å². The Morgan fingerprint density at radius 1 is 0.450 bits per heavy atom. The Morgan fingerprint density at radius 3 is 0.800 bits per heavy atom. The predicted octanol–water partition coefficient (Wildman–Crippen LogP) is -3.98. The molecule has 20 heavy (non-hydrogen) atoms. The molecule has 0 aromatic heterocycles. The van der Waals surface area contributed by atoms with Crippen molar-refractivity contribution in [2.45, 2.75) is 79.1 Å². The van der Waals surface area contributed by atoms with Crippen LogP contribution in [0, 0.1) is 0 Å². The van der Waals surface area contributed by atoms with E-state index in [0.29, 0.717) is 0 Å². The maximum Gasteiger partial charge on any atom is 0.0786 e. The van der Waals surface area contributed by atoms with Crippen molar-refractivity contribution in [2.24, 2.45) is 0 Å². The second-order valence-corrected chi connectivity index (χ2v) is 5.65. The second-order valence-electron chi connectivity index (χ2n) is 5.65. The SMILES string of the molecule is CCCC[N+](CCCC)(CCCC)CCCC.[I-].[I-].[I-]. The molecule has 0 bridgehead atoms. The van der Waals surface area contributed by atoms with E-state index in [-0.39, 0.29) is 71.9 Å². The van der Waals surface area contributed by atoms with Crippen molar-refractivity contribution in [3.8, 4) is 0 Å². The van der Waals surface area contributed by atoms with Gasteiger partial charge in [0.15, 0.2) is 0 Å². The number of unbranched alkanes of at least 4 members (excludes halogenated alkanes) is 4. The zero-order chi connectivity index (χ0) is 13.0. The molecule has 0 saturated carbocycles. The molecule has 4 heteroatoms. The van der Waals surface area contributed by atoms with Gasteiger partial charge in [-0.3, -0.25) is 0 Å². The van der Waals surface area contributed by atoms with Crippen LogP contribution in [-0.4, -0.2) is 30.7 Å². The fourth-order valence-electron chi connectivity index (χ4n) is 2.64. The summed E-state index contributed by atoms with van der Waals surface area (Å²) >= 11 is 0. The van der Waals surface area contributed by atoms with Crippen molar-refractivity contribution in [1.29, 1.82) is 0 Å². The van der Waals surface area contributed by atoms with Gasteiger partial charge in [0.25, 0.3) is 0 Å². The predicted molar refractivity (Wildman–Crippen MR) is 79.4 cm³/mol. The number of rotatable bonds is 12. The summed E-state index contributed by atoms with van der Waals surface area (Å²) in [6.07, 6.45) is 11.1. The quantitative estimate of drug-likeness (QED) is 0.154. The third-order valence-corrected chi connectivity index (χ3v) is 3.94. The molecule has 0 heterocycles. The maximum absolute atomic E-state index is 2.33. The van der Waals surface area contributed by atoms with Gasteiger partial charge in [-0.15, -0.1) is 0 Å². The fourth-order valence-corrected chi connectivity index (χ4v) is 2.64. The van der Waals surface area contributed by atoms with E-state index in [2.05, 4.69) is 27.7 Å². The Hall–Kier alpha value is 2.15. The lowest BCUT2D eigenvalue weighted by atomic mass is 10.1. The molecule has 0 atom stereocenters. The Labute approximate surface area is 180 Å². The molecule has 0 aliphatic rings. The standard InChI is InChI=1S/C16H36N.3HI/c1-5-9-13-17(14-10-6-2,15-11-7-3)16-12-8-4;;;/h5-16H2,1-4H3;3*1H/q+1;;;/p-3. The van der Waals surface area contributed by atoms with Crippen molar-refractivity contribution in [1.82, 2.24) is 0 Å². The topological polar surface area (TPSA) is 0 Å². The van der Waals surface area contributed by atoms with E-state index < -0.39 is 0 Å². The van der Waals surface area contributed by atoms with Gasteiger partial charge in [0.2, 0.25) is 0 Å². The van der Waals surface area contributed by atoms with E-state index in [9.17, 15) is 0 Å². The van der Waals surface area contributed by atoms with Crippen LogP contribution in [0.25, 0.3) is 0 Å². The maximum atomic E-state index is 2.33. The summed E-state index contributed by atoms with van der Waals surface area (Å²) in [4.78, 5) is 0. The molecule has 0 N–H and O–H groups in total. The molecule has 0 amide bonds. The minimum atomic E-state index is 0. The first kappa shape index (κ1) is 30.1. The van der Waals surface area contributed by atoms with E-state index in [1.165, 1.54) is 82.0 Å². The van der Waals surface area contributed by atoms with Gasteiger partial charge in [-0.1, -0.05) is 53.4 Å². The molecule has 0 saturated heterocycles. The normalized spacial score (nSPS) is 10.2. The molecule has 0 aromatic carbocycles. The van der Waals surface area contributed by atoms with Crippen LogP contribution >= 0.6 is 0 Å². The summed E-state index contributed by atoms with van der Waals surface area (Å²) in [5.74, 6) is 0. The molecular weight excluding hydrogens is 587 g/mol. The second kappa shape index (κ2) is 21.1. The molecule has 0 unspecified atom stereocenters. The number of hydrogen-bond acceptors (Lipinski definition) is 0. The van der Waals surface area contributed by atoms with Gasteiger partial charge in [0.05, 0.1) is 26.2 Å². The lowest BCUT2D eigenvalue weighted by molar-refractivity contribution is -0.929. The summed E-state index contributed by atoms with van der Waals surface area (Å²) in [6.45, 7) is 15.0. The molecule has 128 valence electrons. The minimum Gasteiger partial charge on any atom is -1.00 e. The van der Waals surface area contributed by atoms with Crippen molar-refractivity contribution in [3.63, 3.8) is 0 Å². The zero-order valence-electron chi connectivity index (χ0n) is 14.1. The molecule has 0 aliphatic heterocycles. The molecule has 0 radical (unpaired) electrons. The molecule has 1 nitrogen and oxygen atoms in total. The van der Waals surface area contributed by atoms with Crippen molar-refractivity contribution in [2.75, 3.05) is 26.2 Å². The molecule has 0 fully saturated rings. The Kier molecular flexibility index (Phi) is 31.8. The fraction of sp³-hybridized carbons (Fsp3) is 1.00.